The zero-order valence-corrected chi connectivity index (χ0v) is 10.6. The first-order valence-electron chi connectivity index (χ1n) is 4.58. The van der Waals surface area contributed by atoms with Crippen LogP contribution >= 0.6 is 0 Å². The molecule has 0 aliphatic carbocycles. The standard InChI is InChI=1S/C7H18N2O4S2/c1-3-7(4-5-8)9-15(12,13)6-14(2,10)11/h7,9H,3-6,8H2,1-2H3. The van der Waals surface area contributed by atoms with Crippen LogP contribution in [0.5, 0.6) is 0 Å². The highest BCUT2D eigenvalue weighted by atomic mass is 32.3. The van der Waals surface area contributed by atoms with E-state index in [0.29, 0.717) is 19.4 Å². The third-order valence-electron chi connectivity index (χ3n) is 1.72. The maximum Gasteiger partial charge on any atom is 0.226 e. The summed E-state index contributed by atoms with van der Waals surface area (Å²) >= 11 is 0. The Balaban J connectivity index is 4.49. The third-order valence-corrected chi connectivity index (χ3v) is 5.37. The van der Waals surface area contributed by atoms with Gasteiger partial charge in [-0.15, -0.1) is 0 Å². The smallest absolute Gasteiger partial charge is 0.226 e. The van der Waals surface area contributed by atoms with Crippen molar-refractivity contribution in [3.63, 3.8) is 0 Å². The molecule has 92 valence electrons. The summed E-state index contributed by atoms with van der Waals surface area (Å²) in [5.74, 6) is 0. The minimum Gasteiger partial charge on any atom is -0.330 e. The van der Waals surface area contributed by atoms with Crippen molar-refractivity contribution >= 4 is 19.9 Å². The molecule has 0 amide bonds. The fourth-order valence-electron chi connectivity index (χ4n) is 1.12. The van der Waals surface area contributed by atoms with E-state index in [9.17, 15) is 16.8 Å². The van der Waals surface area contributed by atoms with Gasteiger partial charge in [-0.3, -0.25) is 0 Å². The van der Waals surface area contributed by atoms with Crippen LogP contribution < -0.4 is 10.5 Å². The second-order valence-electron chi connectivity index (χ2n) is 3.46. The van der Waals surface area contributed by atoms with Crippen molar-refractivity contribution in [2.45, 2.75) is 25.8 Å². The number of hydrogen-bond acceptors (Lipinski definition) is 5. The first kappa shape index (κ1) is 14.8. The lowest BCUT2D eigenvalue weighted by atomic mass is 10.2. The van der Waals surface area contributed by atoms with Gasteiger partial charge in [-0.05, 0) is 19.4 Å². The van der Waals surface area contributed by atoms with Gasteiger partial charge in [-0.2, -0.15) is 0 Å². The Morgan fingerprint density at radius 1 is 1.27 bits per heavy atom. The van der Waals surface area contributed by atoms with E-state index in [1.165, 1.54) is 0 Å². The molecule has 0 saturated heterocycles. The molecule has 8 heteroatoms. The Morgan fingerprint density at radius 3 is 2.13 bits per heavy atom. The van der Waals surface area contributed by atoms with Crippen LogP contribution in [-0.4, -0.2) is 40.8 Å². The lowest BCUT2D eigenvalue weighted by molar-refractivity contribution is 0.523. The van der Waals surface area contributed by atoms with Crippen LogP contribution in [0.4, 0.5) is 0 Å². The summed E-state index contributed by atoms with van der Waals surface area (Å²) in [6.45, 7) is 2.17. The number of rotatable bonds is 7. The van der Waals surface area contributed by atoms with Crippen molar-refractivity contribution in [1.82, 2.24) is 4.72 Å². The molecule has 0 spiro atoms. The molecule has 0 heterocycles. The Labute approximate surface area is 91.2 Å². The number of nitrogens with one attached hydrogen (secondary N) is 1. The van der Waals surface area contributed by atoms with Crippen molar-refractivity contribution in [3.05, 3.63) is 0 Å². The number of sulfonamides is 1. The Hall–Kier alpha value is -0.180. The van der Waals surface area contributed by atoms with E-state index in [-0.39, 0.29) is 6.04 Å². The summed E-state index contributed by atoms with van der Waals surface area (Å²) in [6.07, 6.45) is 1.97. The van der Waals surface area contributed by atoms with Gasteiger partial charge in [0.25, 0.3) is 0 Å². The highest BCUT2D eigenvalue weighted by Crippen LogP contribution is 2.01. The van der Waals surface area contributed by atoms with E-state index >= 15 is 0 Å². The molecule has 0 rings (SSSR count). The van der Waals surface area contributed by atoms with Crippen molar-refractivity contribution < 1.29 is 16.8 Å². The molecular weight excluding hydrogens is 240 g/mol. The summed E-state index contributed by atoms with van der Waals surface area (Å²) in [5.41, 5.74) is 5.30. The number of hydrogen-bond donors (Lipinski definition) is 2. The van der Waals surface area contributed by atoms with E-state index in [1.54, 1.807) is 0 Å². The fraction of sp³-hybridized carbons (Fsp3) is 1.00. The van der Waals surface area contributed by atoms with Crippen LogP contribution in [0.1, 0.15) is 19.8 Å². The maximum atomic E-state index is 11.4. The number of nitrogens with two attached hydrogens (primary N) is 1. The molecule has 3 N–H and O–H groups in total. The maximum absolute atomic E-state index is 11.4. The predicted molar refractivity (Wildman–Crippen MR) is 59.5 cm³/mol. The van der Waals surface area contributed by atoms with Crippen LogP contribution in [0.2, 0.25) is 0 Å². The third kappa shape index (κ3) is 7.71. The zero-order valence-electron chi connectivity index (χ0n) is 8.93. The molecule has 0 bridgehead atoms. The van der Waals surface area contributed by atoms with Gasteiger partial charge in [-0.25, -0.2) is 21.6 Å². The van der Waals surface area contributed by atoms with Gasteiger partial charge in [0.05, 0.1) is 0 Å². The van der Waals surface area contributed by atoms with Gasteiger partial charge in [-0.1, -0.05) is 6.92 Å². The van der Waals surface area contributed by atoms with Gasteiger partial charge in [0.15, 0.2) is 14.9 Å². The summed E-state index contributed by atoms with van der Waals surface area (Å²) in [4.78, 5) is 0. The van der Waals surface area contributed by atoms with Crippen LogP contribution in [0.25, 0.3) is 0 Å². The first-order valence-corrected chi connectivity index (χ1v) is 8.29. The van der Waals surface area contributed by atoms with E-state index < -0.39 is 24.9 Å². The highest BCUT2D eigenvalue weighted by Gasteiger charge is 2.21. The zero-order chi connectivity index (χ0) is 12.1. The van der Waals surface area contributed by atoms with Crippen molar-refractivity contribution in [2.75, 3.05) is 17.9 Å². The topological polar surface area (TPSA) is 106 Å². The Kier molecular flexibility index (Phi) is 5.71. The second-order valence-corrected chi connectivity index (χ2v) is 7.72. The summed E-state index contributed by atoms with van der Waals surface area (Å²) in [6, 6.07) is -0.290. The molecule has 0 aliphatic heterocycles. The monoisotopic (exact) mass is 258 g/mol. The summed E-state index contributed by atoms with van der Waals surface area (Å²) < 4.78 is 46.7. The SMILES string of the molecule is CCC(CCN)NS(=O)(=O)CS(C)(=O)=O. The molecule has 1 atom stereocenters. The van der Waals surface area contributed by atoms with Crippen molar-refractivity contribution in [1.29, 1.82) is 0 Å². The minimum atomic E-state index is -3.77. The Bertz CT molecular complexity index is 374. The molecule has 0 aromatic rings. The fourth-order valence-corrected chi connectivity index (χ4v) is 4.44. The van der Waals surface area contributed by atoms with Gasteiger partial charge >= 0.3 is 0 Å². The largest absolute Gasteiger partial charge is 0.330 e. The lowest BCUT2D eigenvalue weighted by Crippen LogP contribution is -2.38. The Morgan fingerprint density at radius 2 is 1.80 bits per heavy atom. The molecule has 0 aromatic heterocycles. The quantitative estimate of drug-likeness (QED) is 0.611. The van der Waals surface area contributed by atoms with Gasteiger partial charge in [0, 0.05) is 12.3 Å². The molecule has 1 unspecified atom stereocenters. The lowest BCUT2D eigenvalue weighted by Gasteiger charge is -2.15. The van der Waals surface area contributed by atoms with Gasteiger partial charge in [0.1, 0.15) is 0 Å². The molecule has 6 nitrogen and oxygen atoms in total. The minimum absolute atomic E-state index is 0.290. The normalized spacial score (nSPS) is 15.1. The molecule has 0 radical (unpaired) electrons. The predicted octanol–water partition coefficient (Wildman–Crippen LogP) is -0.965. The highest BCUT2D eigenvalue weighted by molar-refractivity contribution is 8.06. The van der Waals surface area contributed by atoms with Gasteiger partial charge in [0.2, 0.25) is 10.0 Å². The molecule has 15 heavy (non-hydrogen) atoms. The van der Waals surface area contributed by atoms with Crippen molar-refractivity contribution in [2.24, 2.45) is 5.73 Å². The average molecular weight is 258 g/mol. The van der Waals surface area contributed by atoms with Crippen LogP contribution in [0.15, 0.2) is 0 Å². The second kappa shape index (κ2) is 5.78. The molecule has 0 aromatic carbocycles. The van der Waals surface area contributed by atoms with E-state index in [4.69, 9.17) is 5.73 Å². The van der Waals surface area contributed by atoms with E-state index in [1.807, 2.05) is 6.92 Å². The van der Waals surface area contributed by atoms with E-state index in [2.05, 4.69) is 4.72 Å². The van der Waals surface area contributed by atoms with Crippen LogP contribution in [0.3, 0.4) is 0 Å². The molecule has 0 aliphatic rings. The molecular formula is C7H18N2O4S2. The molecule has 0 saturated carbocycles. The van der Waals surface area contributed by atoms with Crippen molar-refractivity contribution in [3.8, 4) is 0 Å². The average Bonchev–Trinajstić information content (AvgIpc) is 1.98. The van der Waals surface area contributed by atoms with Gasteiger partial charge < -0.3 is 5.73 Å². The number of sulfone groups is 1. The summed E-state index contributed by atoms with van der Waals surface area (Å²) in [5, 5.41) is -0.874. The van der Waals surface area contributed by atoms with Crippen LogP contribution in [0, 0.1) is 0 Å². The van der Waals surface area contributed by atoms with Crippen LogP contribution in [-0.2, 0) is 19.9 Å². The van der Waals surface area contributed by atoms with E-state index in [0.717, 1.165) is 6.26 Å². The first-order chi connectivity index (χ1) is 6.70. The molecule has 0 fully saturated rings. The summed E-state index contributed by atoms with van der Waals surface area (Å²) in [7, 11) is -7.30.